The van der Waals surface area contributed by atoms with Gasteiger partial charge in [-0.25, -0.2) is 0 Å². The van der Waals surface area contributed by atoms with Crippen LogP contribution in [-0.2, 0) is 9.59 Å². The second kappa shape index (κ2) is 10.3. The molecule has 8 nitrogen and oxygen atoms in total. The van der Waals surface area contributed by atoms with Crippen LogP contribution in [-0.4, -0.2) is 45.2 Å². The van der Waals surface area contributed by atoms with E-state index < -0.39 is 17.7 Å². The molecule has 0 bridgehead atoms. The number of hydrogen-bond acceptors (Lipinski definition) is 7. The number of ketones is 1. The normalized spacial score (nSPS) is 16.6. The Balaban J connectivity index is 2.03. The summed E-state index contributed by atoms with van der Waals surface area (Å²) in [6.45, 7) is 3.69. The molecule has 192 valence electrons. The van der Waals surface area contributed by atoms with E-state index in [-0.39, 0.29) is 11.3 Å². The maximum Gasteiger partial charge on any atom is 0.300 e. The molecule has 1 aliphatic rings. The Morgan fingerprint density at radius 1 is 0.784 bits per heavy atom. The molecule has 1 atom stereocenters. The molecule has 0 radical (unpaired) electrons. The maximum absolute atomic E-state index is 13.5. The SMILES string of the molecule is COc1ccc(/C(O)=C2\C(=O)C(=O)N(c3ccccc3C)C2c2cc(OC)c(OC)c(OC)c2)cc1C. The lowest BCUT2D eigenvalue weighted by atomic mass is 9.94. The number of nitrogens with zero attached hydrogens (tertiary/aromatic N) is 1. The lowest BCUT2D eigenvalue weighted by Gasteiger charge is -2.27. The number of rotatable bonds is 7. The van der Waals surface area contributed by atoms with Crippen molar-refractivity contribution in [1.82, 2.24) is 0 Å². The highest BCUT2D eigenvalue weighted by Gasteiger charge is 2.47. The Labute approximate surface area is 215 Å². The molecule has 1 unspecified atom stereocenters. The van der Waals surface area contributed by atoms with E-state index in [4.69, 9.17) is 18.9 Å². The molecule has 3 aromatic carbocycles. The number of anilines is 1. The van der Waals surface area contributed by atoms with Crippen LogP contribution in [0.5, 0.6) is 23.0 Å². The van der Waals surface area contributed by atoms with Crippen LogP contribution < -0.4 is 23.8 Å². The number of methoxy groups -OCH3 is 4. The van der Waals surface area contributed by atoms with Crippen LogP contribution in [0, 0.1) is 13.8 Å². The first-order valence-corrected chi connectivity index (χ1v) is 11.6. The number of para-hydroxylation sites is 1. The minimum Gasteiger partial charge on any atom is -0.507 e. The zero-order valence-electron chi connectivity index (χ0n) is 21.6. The zero-order valence-corrected chi connectivity index (χ0v) is 21.6. The van der Waals surface area contributed by atoms with E-state index in [1.165, 1.54) is 26.2 Å². The molecular formula is C29H29NO7. The fourth-order valence-corrected chi connectivity index (χ4v) is 4.67. The van der Waals surface area contributed by atoms with E-state index in [9.17, 15) is 14.7 Å². The minimum absolute atomic E-state index is 0.0490. The lowest BCUT2D eigenvalue weighted by molar-refractivity contribution is -0.132. The maximum atomic E-state index is 13.5. The molecule has 0 saturated carbocycles. The zero-order chi connectivity index (χ0) is 26.9. The van der Waals surface area contributed by atoms with Crippen LogP contribution in [0.2, 0.25) is 0 Å². The van der Waals surface area contributed by atoms with Gasteiger partial charge in [-0.2, -0.15) is 0 Å². The van der Waals surface area contributed by atoms with Gasteiger partial charge in [0.05, 0.1) is 40.1 Å². The number of ether oxygens (including phenoxy) is 4. The van der Waals surface area contributed by atoms with Crippen LogP contribution in [0.15, 0.2) is 60.2 Å². The van der Waals surface area contributed by atoms with Crippen molar-refractivity contribution < 1.29 is 33.6 Å². The van der Waals surface area contributed by atoms with Crippen molar-refractivity contribution in [3.63, 3.8) is 0 Å². The van der Waals surface area contributed by atoms with E-state index in [1.807, 2.05) is 26.0 Å². The highest BCUT2D eigenvalue weighted by molar-refractivity contribution is 6.51. The molecular weight excluding hydrogens is 474 g/mol. The van der Waals surface area contributed by atoms with Gasteiger partial charge >= 0.3 is 0 Å². The number of benzene rings is 3. The van der Waals surface area contributed by atoms with Crippen LogP contribution >= 0.6 is 0 Å². The van der Waals surface area contributed by atoms with Crippen molar-refractivity contribution >= 4 is 23.1 Å². The number of amides is 1. The van der Waals surface area contributed by atoms with Gasteiger partial charge in [0.1, 0.15) is 11.5 Å². The number of aliphatic hydroxyl groups is 1. The van der Waals surface area contributed by atoms with Crippen LogP contribution in [0.3, 0.4) is 0 Å². The van der Waals surface area contributed by atoms with Gasteiger partial charge in [-0.15, -0.1) is 0 Å². The third-order valence-electron chi connectivity index (χ3n) is 6.49. The molecule has 0 aliphatic carbocycles. The quantitative estimate of drug-likeness (QED) is 0.277. The second-order valence-electron chi connectivity index (χ2n) is 8.60. The summed E-state index contributed by atoms with van der Waals surface area (Å²) in [5.74, 6) is -0.128. The molecule has 0 spiro atoms. The van der Waals surface area contributed by atoms with Crippen LogP contribution in [0.4, 0.5) is 5.69 Å². The average molecular weight is 504 g/mol. The van der Waals surface area contributed by atoms with E-state index in [2.05, 4.69) is 0 Å². The fraction of sp³-hybridized carbons (Fsp3) is 0.241. The highest BCUT2D eigenvalue weighted by atomic mass is 16.5. The van der Waals surface area contributed by atoms with Gasteiger partial charge in [-0.1, -0.05) is 18.2 Å². The van der Waals surface area contributed by atoms with E-state index in [0.717, 1.165) is 11.1 Å². The van der Waals surface area contributed by atoms with Crippen LogP contribution in [0.25, 0.3) is 5.76 Å². The van der Waals surface area contributed by atoms with Gasteiger partial charge in [0.2, 0.25) is 5.75 Å². The summed E-state index contributed by atoms with van der Waals surface area (Å²) in [5, 5.41) is 11.5. The Hall–Kier alpha value is -4.46. The first-order chi connectivity index (χ1) is 17.8. The summed E-state index contributed by atoms with van der Waals surface area (Å²) in [5.41, 5.74) is 2.95. The summed E-state index contributed by atoms with van der Waals surface area (Å²) in [6.07, 6.45) is 0. The first kappa shape index (κ1) is 25.6. The van der Waals surface area contributed by atoms with Gasteiger partial charge in [0.25, 0.3) is 11.7 Å². The predicted molar refractivity (Wildman–Crippen MR) is 140 cm³/mol. The molecule has 8 heteroatoms. The summed E-state index contributed by atoms with van der Waals surface area (Å²) < 4.78 is 21.9. The highest BCUT2D eigenvalue weighted by Crippen LogP contribution is 2.47. The number of aliphatic hydroxyl groups excluding tert-OH is 1. The van der Waals surface area contributed by atoms with Gasteiger partial charge in [-0.05, 0) is 66.9 Å². The molecule has 37 heavy (non-hydrogen) atoms. The Morgan fingerprint density at radius 2 is 1.41 bits per heavy atom. The Kier molecular flexibility index (Phi) is 7.11. The lowest BCUT2D eigenvalue weighted by Crippen LogP contribution is -2.30. The average Bonchev–Trinajstić information content (AvgIpc) is 3.17. The largest absolute Gasteiger partial charge is 0.507 e. The predicted octanol–water partition coefficient (Wildman–Crippen LogP) is 4.96. The minimum atomic E-state index is -0.961. The molecule has 1 fully saturated rings. The number of aryl methyl sites for hydroxylation is 2. The van der Waals surface area contributed by atoms with Crippen molar-refractivity contribution in [1.29, 1.82) is 0 Å². The van der Waals surface area contributed by atoms with E-state index in [0.29, 0.717) is 39.8 Å². The molecule has 4 rings (SSSR count). The van der Waals surface area contributed by atoms with Gasteiger partial charge in [0.15, 0.2) is 11.5 Å². The van der Waals surface area contributed by atoms with Crippen molar-refractivity contribution in [2.45, 2.75) is 19.9 Å². The third kappa shape index (κ3) is 4.35. The standard InChI is InChI=1S/C29H29NO7/c1-16-9-7-8-10-20(16)30-25(19-14-22(35-4)28(37-6)23(15-19)36-5)24(27(32)29(30)33)26(31)18-11-12-21(34-3)17(2)13-18/h7-15,25,31H,1-6H3/b26-24+. The number of carbonyl (C=O) groups excluding carboxylic acids is 2. The second-order valence-corrected chi connectivity index (χ2v) is 8.60. The number of carbonyl (C=O) groups is 2. The smallest absolute Gasteiger partial charge is 0.300 e. The molecule has 1 heterocycles. The summed E-state index contributed by atoms with van der Waals surface area (Å²) in [4.78, 5) is 28.4. The topological polar surface area (TPSA) is 94.5 Å². The van der Waals surface area contributed by atoms with Crippen molar-refractivity contribution in [2.24, 2.45) is 0 Å². The van der Waals surface area contributed by atoms with Gasteiger partial charge < -0.3 is 24.1 Å². The Bertz CT molecular complexity index is 1380. The number of hydrogen-bond donors (Lipinski definition) is 1. The summed E-state index contributed by atoms with van der Waals surface area (Å²) in [6, 6.07) is 14.7. The monoisotopic (exact) mass is 503 g/mol. The molecule has 1 saturated heterocycles. The molecule has 3 aromatic rings. The summed E-state index contributed by atoms with van der Waals surface area (Å²) >= 11 is 0. The van der Waals surface area contributed by atoms with Gasteiger partial charge in [-0.3, -0.25) is 14.5 Å². The molecule has 1 aliphatic heterocycles. The molecule has 1 N–H and O–H groups in total. The van der Waals surface area contributed by atoms with E-state index >= 15 is 0 Å². The van der Waals surface area contributed by atoms with E-state index in [1.54, 1.807) is 49.6 Å². The van der Waals surface area contributed by atoms with Gasteiger partial charge in [0, 0.05) is 11.3 Å². The van der Waals surface area contributed by atoms with Crippen molar-refractivity contribution in [3.8, 4) is 23.0 Å². The Morgan fingerprint density at radius 3 is 1.95 bits per heavy atom. The number of Topliss-reactive ketones (excluding diaryl/α,β-unsaturated/α-hetero) is 1. The fourth-order valence-electron chi connectivity index (χ4n) is 4.67. The van der Waals surface area contributed by atoms with Crippen molar-refractivity contribution in [2.75, 3.05) is 33.3 Å². The first-order valence-electron chi connectivity index (χ1n) is 11.6. The summed E-state index contributed by atoms with van der Waals surface area (Å²) in [7, 11) is 6.02. The van der Waals surface area contributed by atoms with Crippen LogP contribution in [0.1, 0.15) is 28.3 Å². The molecule has 0 aromatic heterocycles. The molecule has 1 amide bonds. The van der Waals surface area contributed by atoms with Crippen molar-refractivity contribution in [3.05, 3.63) is 82.4 Å². The third-order valence-corrected chi connectivity index (χ3v) is 6.49.